The molecule has 0 aromatic rings. The van der Waals surface area contributed by atoms with E-state index in [2.05, 4.69) is 11.6 Å². The van der Waals surface area contributed by atoms with E-state index in [1.54, 1.807) is 0 Å². The number of amides is 1. The van der Waals surface area contributed by atoms with Gasteiger partial charge in [0.25, 0.3) is 0 Å². The van der Waals surface area contributed by atoms with Crippen molar-refractivity contribution in [2.24, 2.45) is 11.7 Å². The third-order valence-electron chi connectivity index (χ3n) is 4.26. The Balaban J connectivity index is 1.76. The fourth-order valence-corrected chi connectivity index (χ4v) is 3.81. The van der Waals surface area contributed by atoms with Crippen LogP contribution in [-0.4, -0.2) is 29.5 Å². The zero-order valence-electron chi connectivity index (χ0n) is 10.7. The molecule has 2 aliphatic carbocycles. The van der Waals surface area contributed by atoms with Gasteiger partial charge in [-0.1, -0.05) is 6.42 Å². The summed E-state index contributed by atoms with van der Waals surface area (Å²) in [4.78, 5) is 12.1. The van der Waals surface area contributed by atoms with E-state index in [1.165, 1.54) is 12.8 Å². The van der Waals surface area contributed by atoms with Crippen molar-refractivity contribution in [2.45, 2.75) is 62.3 Å². The highest BCUT2D eigenvalue weighted by Crippen LogP contribution is 2.28. The minimum atomic E-state index is 0.0771. The highest BCUT2D eigenvalue weighted by Gasteiger charge is 2.32. The maximum absolute atomic E-state index is 12.1. The molecule has 0 aromatic heterocycles. The summed E-state index contributed by atoms with van der Waals surface area (Å²) in [6.07, 6.45) is 10.0. The quantitative estimate of drug-likeness (QED) is 0.811. The molecule has 2 rings (SSSR count). The van der Waals surface area contributed by atoms with Gasteiger partial charge in [-0.2, -0.15) is 11.8 Å². The third-order valence-corrected chi connectivity index (χ3v) is 5.40. The van der Waals surface area contributed by atoms with Crippen molar-refractivity contribution in [2.75, 3.05) is 6.26 Å². The number of thioether (sulfide) groups is 1. The summed E-state index contributed by atoms with van der Waals surface area (Å²) < 4.78 is 0. The number of hydrogen-bond acceptors (Lipinski definition) is 3. The standard InChI is InChI=1S/C13H24N2OS/c1-17-10-7-5-9(6-8-10)15-13(16)11-3-2-4-12(11)14/h9-12H,2-8,14H2,1H3,(H,15,16). The molecular weight excluding hydrogens is 232 g/mol. The molecule has 2 aliphatic rings. The molecule has 0 aromatic carbocycles. The molecule has 3 nitrogen and oxygen atoms in total. The van der Waals surface area contributed by atoms with Gasteiger partial charge in [-0.3, -0.25) is 4.79 Å². The molecule has 0 saturated heterocycles. The smallest absolute Gasteiger partial charge is 0.224 e. The van der Waals surface area contributed by atoms with Crippen molar-refractivity contribution in [3.63, 3.8) is 0 Å². The first-order valence-electron chi connectivity index (χ1n) is 6.79. The Bertz CT molecular complexity index is 264. The number of hydrogen-bond donors (Lipinski definition) is 2. The summed E-state index contributed by atoms with van der Waals surface area (Å²) in [5, 5.41) is 4.01. The lowest BCUT2D eigenvalue weighted by molar-refractivity contribution is -0.126. The normalized spacial score (nSPS) is 38.0. The Kier molecular flexibility index (Phi) is 4.74. The molecule has 2 atom stereocenters. The van der Waals surface area contributed by atoms with Crippen LogP contribution in [0.1, 0.15) is 44.9 Å². The predicted molar refractivity (Wildman–Crippen MR) is 73.0 cm³/mol. The van der Waals surface area contributed by atoms with Gasteiger partial charge in [-0.15, -0.1) is 0 Å². The molecule has 0 heterocycles. The Morgan fingerprint density at radius 2 is 1.88 bits per heavy atom. The molecule has 3 N–H and O–H groups in total. The maximum atomic E-state index is 12.1. The predicted octanol–water partition coefficient (Wildman–Crippen LogP) is 1.90. The van der Waals surface area contributed by atoms with Crippen LogP contribution >= 0.6 is 11.8 Å². The molecule has 0 aliphatic heterocycles. The van der Waals surface area contributed by atoms with Gasteiger partial charge in [0, 0.05) is 17.3 Å². The summed E-state index contributed by atoms with van der Waals surface area (Å²) in [5.74, 6) is 0.288. The third kappa shape index (κ3) is 3.38. The molecule has 0 bridgehead atoms. The van der Waals surface area contributed by atoms with Crippen molar-refractivity contribution in [3.05, 3.63) is 0 Å². The number of carbonyl (C=O) groups excluding carboxylic acids is 1. The summed E-state index contributed by atoms with van der Waals surface area (Å²) >= 11 is 1.96. The second-order valence-electron chi connectivity index (χ2n) is 5.42. The van der Waals surface area contributed by atoms with E-state index >= 15 is 0 Å². The summed E-state index contributed by atoms with van der Waals surface area (Å²) in [7, 11) is 0. The molecular formula is C13H24N2OS. The molecule has 2 unspecified atom stereocenters. The van der Waals surface area contributed by atoms with Crippen LogP contribution in [0.3, 0.4) is 0 Å². The highest BCUT2D eigenvalue weighted by atomic mass is 32.2. The first kappa shape index (κ1) is 13.2. The first-order valence-corrected chi connectivity index (χ1v) is 8.08. The monoisotopic (exact) mass is 256 g/mol. The second kappa shape index (κ2) is 6.10. The average Bonchev–Trinajstić information content (AvgIpc) is 2.76. The van der Waals surface area contributed by atoms with Crippen LogP contribution in [0, 0.1) is 5.92 Å². The SMILES string of the molecule is CSC1CCC(NC(=O)C2CCCC2N)CC1. The fourth-order valence-electron chi connectivity index (χ4n) is 3.07. The second-order valence-corrected chi connectivity index (χ2v) is 6.56. The van der Waals surface area contributed by atoms with Crippen LogP contribution in [0.25, 0.3) is 0 Å². The minimum absolute atomic E-state index is 0.0771. The number of nitrogens with two attached hydrogens (primary N) is 1. The molecule has 17 heavy (non-hydrogen) atoms. The van der Waals surface area contributed by atoms with Crippen molar-refractivity contribution in [3.8, 4) is 0 Å². The molecule has 4 heteroatoms. The van der Waals surface area contributed by atoms with Crippen LogP contribution in [-0.2, 0) is 4.79 Å². The average molecular weight is 256 g/mol. The first-order chi connectivity index (χ1) is 8.20. The van der Waals surface area contributed by atoms with E-state index in [0.29, 0.717) is 6.04 Å². The zero-order valence-corrected chi connectivity index (χ0v) is 11.5. The number of rotatable bonds is 3. The van der Waals surface area contributed by atoms with Gasteiger partial charge in [0.05, 0.1) is 5.92 Å². The van der Waals surface area contributed by atoms with Gasteiger partial charge in [0.15, 0.2) is 0 Å². The summed E-state index contributed by atoms with van der Waals surface area (Å²) in [6.45, 7) is 0. The molecule has 0 spiro atoms. The number of nitrogens with one attached hydrogen (secondary N) is 1. The van der Waals surface area contributed by atoms with Gasteiger partial charge in [0.2, 0.25) is 5.91 Å². The highest BCUT2D eigenvalue weighted by molar-refractivity contribution is 7.99. The lowest BCUT2D eigenvalue weighted by atomic mass is 9.94. The number of carbonyl (C=O) groups is 1. The fraction of sp³-hybridized carbons (Fsp3) is 0.923. The van der Waals surface area contributed by atoms with Crippen LogP contribution < -0.4 is 11.1 Å². The topological polar surface area (TPSA) is 55.1 Å². The van der Waals surface area contributed by atoms with E-state index in [1.807, 2.05) is 11.8 Å². The van der Waals surface area contributed by atoms with Gasteiger partial charge in [-0.25, -0.2) is 0 Å². The van der Waals surface area contributed by atoms with Crippen molar-refractivity contribution in [1.82, 2.24) is 5.32 Å². The molecule has 0 radical (unpaired) electrons. The van der Waals surface area contributed by atoms with Crippen LogP contribution in [0.4, 0.5) is 0 Å². The van der Waals surface area contributed by atoms with E-state index in [9.17, 15) is 4.79 Å². The molecule has 2 fully saturated rings. The zero-order chi connectivity index (χ0) is 12.3. The Morgan fingerprint density at radius 1 is 1.18 bits per heavy atom. The van der Waals surface area contributed by atoms with E-state index in [-0.39, 0.29) is 17.9 Å². The summed E-state index contributed by atoms with van der Waals surface area (Å²) in [6, 6.07) is 0.497. The molecule has 2 saturated carbocycles. The van der Waals surface area contributed by atoms with Crippen molar-refractivity contribution in [1.29, 1.82) is 0 Å². The minimum Gasteiger partial charge on any atom is -0.353 e. The molecule has 98 valence electrons. The van der Waals surface area contributed by atoms with E-state index < -0.39 is 0 Å². The van der Waals surface area contributed by atoms with Gasteiger partial charge < -0.3 is 11.1 Å². The van der Waals surface area contributed by atoms with Crippen molar-refractivity contribution < 1.29 is 4.79 Å². The van der Waals surface area contributed by atoms with Crippen molar-refractivity contribution >= 4 is 17.7 Å². The van der Waals surface area contributed by atoms with Crippen LogP contribution in [0.2, 0.25) is 0 Å². The lowest BCUT2D eigenvalue weighted by Crippen LogP contribution is -2.44. The van der Waals surface area contributed by atoms with Crippen LogP contribution in [0.5, 0.6) is 0 Å². The maximum Gasteiger partial charge on any atom is 0.224 e. The Morgan fingerprint density at radius 3 is 2.41 bits per heavy atom. The van der Waals surface area contributed by atoms with E-state index in [4.69, 9.17) is 5.73 Å². The van der Waals surface area contributed by atoms with Gasteiger partial charge >= 0.3 is 0 Å². The molecule has 1 amide bonds. The van der Waals surface area contributed by atoms with Gasteiger partial charge in [-0.05, 0) is 44.8 Å². The Hall–Kier alpha value is -0.220. The van der Waals surface area contributed by atoms with E-state index in [0.717, 1.165) is 37.4 Å². The largest absolute Gasteiger partial charge is 0.353 e. The lowest BCUT2D eigenvalue weighted by Gasteiger charge is -2.29. The van der Waals surface area contributed by atoms with Gasteiger partial charge in [0.1, 0.15) is 0 Å². The van der Waals surface area contributed by atoms with Crippen LogP contribution in [0.15, 0.2) is 0 Å². The Labute approximate surface area is 108 Å². The summed E-state index contributed by atoms with van der Waals surface area (Å²) in [5.41, 5.74) is 5.96.